The molecule has 0 unspecified atom stereocenters. The lowest BCUT2D eigenvalue weighted by molar-refractivity contribution is 1.36. The average molecular weight is 314 g/mol. The number of hydrogen-bond donors (Lipinski definition) is 1. The lowest BCUT2D eigenvalue weighted by atomic mass is 10.3. The van der Waals surface area contributed by atoms with Crippen molar-refractivity contribution < 1.29 is 0 Å². The van der Waals surface area contributed by atoms with Crippen LogP contribution in [0.3, 0.4) is 0 Å². The highest BCUT2D eigenvalue weighted by Gasteiger charge is 2.07. The first-order chi connectivity index (χ1) is 7.72. The average Bonchev–Trinajstić information content (AvgIpc) is 2.83. The quantitative estimate of drug-likeness (QED) is 0.692. The normalized spacial score (nSPS) is 11.1. The molecule has 0 bridgehead atoms. The van der Waals surface area contributed by atoms with Crippen molar-refractivity contribution in [1.82, 2.24) is 9.97 Å². The number of halogens is 2. The minimum absolute atomic E-state index is 0.775. The summed E-state index contributed by atoms with van der Waals surface area (Å²) >= 11 is 10.9. The van der Waals surface area contributed by atoms with Gasteiger partial charge in [-0.15, -0.1) is 11.3 Å². The van der Waals surface area contributed by atoms with Crippen LogP contribution in [-0.2, 0) is 0 Å². The second-order valence-corrected chi connectivity index (χ2v) is 5.98. The maximum absolute atomic E-state index is 5.90. The minimum Gasteiger partial charge on any atom is -0.337 e. The summed E-state index contributed by atoms with van der Waals surface area (Å²) < 4.78 is 1.82. The van der Waals surface area contributed by atoms with Gasteiger partial charge < -0.3 is 4.98 Å². The lowest BCUT2D eigenvalue weighted by Crippen LogP contribution is -1.72. The van der Waals surface area contributed by atoms with Crippen LogP contribution in [0.15, 0.2) is 34.8 Å². The second kappa shape index (κ2) is 3.87. The van der Waals surface area contributed by atoms with E-state index >= 15 is 0 Å². The lowest BCUT2D eigenvalue weighted by Gasteiger charge is -1.88. The first-order valence-electron chi connectivity index (χ1n) is 4.63. The Morgan fingerprint density at radius 1 is 1.25 bits per heavy atom. The van der Waals surface area contributed by atoms with E-state index < -0.39 is 0 Å². The van der Waals surface area contributed by atoms with Gasteiger partial charge in [-0.2, -0.15) is 0 Å². The number of nitrogens with one attached hydrogen (secondary N) is 1. The number of H-pyrrole nitrogens is 1. The van der Waals surface area contributed by atoms with Crippen LogP contribution in [0.2, 0.25) is 4.34 Å². The molecule has 0 atom stereocenters. The number of hydrogen-bond acceptors (Lipinski definition) is 2. The molecule has 1 N–H and O–H groups in total. The van der Waals surface area contributed by atoms with Crippen LogP contribution in [0.4, 0.5) is 0 Å². The van der Waals surface area contributed by atoms with Crippen LogP contribution in [0.1, 0.15) is 0 Å². The number of rotatable bonds is 1. The minimum atomic E-state index is 0.775. The summed E-state index contributed by atoms with van der Waals surface area (Å²) in [4.78, 5) is 8.84. The molecule has 0 aliphatic rings. The fourth-order valence-corrected chi connectivity index (χ4v) is 2.89. The highest BCUT2D eigenvalue weighted by Crippen LogP contribution is 2.30. The van der Waals surface area contributed by atoms with Crippen LogP contribution in [0.25, 0.3) is 21.7 Å². The van der Waals surface area contributed by atoms with E-state index in [9.17, 15) is 0 Å². The van der Waals surface area contributed by atoms with Crippen LogP contribution in [-0.4, -0.2) is 9.97 Å². The van der Waals surface area contributed by atoms with Crippen LogP contribution >= 0.6 is 38.9 Å². The Balaban J connectivity index is 2.18. The van der Waals surface area contributed by atoms with Crippen LogP contribution in [0, 0.1) is 0 Å². The van der Waals surface area contributed by atoms with Crippen molar-refractivity contribution in [1.29, 1.82) is 0 Å². The largest absolute Gasteiger partial charge is 0.337 e. The Hall–Kier alpha value is -0.840. The molecule has 1 aromatic carbocycles. The molecule has 0 aliphatic heterocycles. The standard InChI is InChI=1S/C11H6BrClN2S/c12-6-1-2-7-8(5-6)15-11(14-7)9-3-4-10(13)16-9/h1-5H,(H,14,15). The number of aromatic amines is 1. The van der Waals surface area contributed by atoms with E-state index in [2.05, 4.69) is 25.9 Å². The molecule has 3 aromatic rings. The van der Waals surface area contributed by atoms with Gasteiger partial charge in [0.15, 0.2) is 0 Å². The highest BCUT2D eigenvalue weighted by atomic mass is 79.9. The van der Waals surface area contributed by atoms with Gasteiger partial charge in [0.05, 0.1) is 20.2 Å². The van der Waals surface area contributed by atoms with Crippen molar-refractivity contribution in [2.75, 3.05) is 0 Å². The summed E-state index contributed by atoms with van der Waals surface area (Å²) in [6.07, 6.45) is 0. The monoisotopic (exact) mass is 312 g/mol. The Morgan fingerprint density at radius 3 is 2.88 bits per heavy atom. The van der Waals surface area contributed by atoms with Gasteiger partial charge in [0.1, 0.15) is 5.82 Å². The van der Waals surface area contributed by atoms with Gasteiger partial charge in [-0.05, 0) is 30.3 Å². The summed E-state index contributed by atoms with van der Waals surface area (Å²) in [5, 5.41) is 0. The molecule has 2 heterocycles. The Morgan fingerprint density at radius 2 is 2.12 bits per heavy atom. The zero-order valence-electron chi connectivity index (χ0n) is 8.00. The van der Waals surface area contributed by atoms with Crippen molar-refractivity contribution in [2.45, 2.75) is 0 Å². The maximum Gasteiger partial charge on any atom is 0.148 e. The highest BCUT2D eigenvalue weighted by molar-refractivity contribution is 9.10. The van der Waals surface area contributed by atoms with E-state index in [1.807, 2.05) is 30.3 Å². The first kappa shape index (κ1) is 10.3. The molecule has 5 heteroatoms. The zero-order valence-corrected chi connectivity index (χ0v) is 11.2. The van der Waals surface area contributed by atoms with Crippen molar-refractivity contribution in [3.63, 3.8) is 0 Å². The number of benzene rings is 1. The summed E-state index contributed by atoms with van der Waals surface area (Å²) in [6.45, 7) is 0. The van der Waals surface area contributed by atoms with Gasteiger partial charge in [0.2, 0.25) is 0 Å². The molecule has 80 valence electrons. The van der Waals surface area contributed by atoms with E-state index in [4.69, 9.17) is 11.6 Å². The molecule has 0 fully saturated rings. The summed E-state index contributed by atoms with van der Waals surface area (Å²) in [5.41, 5.74) is 1.98. The van der Waals surface area contributed by atoms with Crippen LogP contribution < -0.4 is 0 Å². The van der Waals surface area contributed by atoms with Gasteiger partial charge in [-0.1, -0.05) is 27.5 Å². The fourth-order valence-electron chi connectivity index (χ4n) is 1.54. The number of nitrogens with zero attached hydrogens (tertiary/aromatic N) is 1. The van der Waals surface area contributed by atoms with Gasteiger partial charge in [0, 0.05) is 4.47 Å². The van der Waals surface area contributed by atoms with Gasteiger partial charge in [0.25, 0.3) is 0 Å². The predicted octanol–water partition coefficient (Wildman–Crippen LogP) is 4.71. The molecule has 0 saturated carbocycles. The topological polar surface area (TPSA) is 28.7 Å². The van der Waals surface area contributed by atoms with E-state index in [-0.39, 0.29) is 0 Å². The van der Waals surface area contributed by atoms with E-state index in [0.717, 1.165) is 30.5 Å². The number of fused-ring (bicyclic) bond motifs is 1. The number of imidazole rings is 1. The third kappa shape index (κ3) is 1.77. The molecule has 0 aliphatic carbocycles. The number of aromatic nitrogens is 2. The van der Waals surface area contributed by atoms with Crippen molar-refractivity contribution in [3.05, 3.63) is 39.1 Å². The summed E-state index contributed by atoms with van der Waals surface area (Å²) in [5.74, 6) is 0.866. The molecule has 16 heavy (non-hydrogen) atoms. The molecule has 0 amide bonds. The SMILES string of the molecule is Clc1ccc(-c2nc3ccc(Br)cc3[nH]2)s1. The van der Waals surface area contributed by atoms with E-state index in [1.54, 1.807) is 0 Å². The zero-order chi connectivity index (χ0) is 11.1. The first-order valence-corrected chi connectivity index (χ1v) is 6.62. The Bertz CT molecular complexity index is 659. The third-order valence-electron chi connectivity index (χ3n) is 2.25. The third-order valence-corrected chi connectivity index (χ3v) is 3.98. The van der Waals surface area contributed by atoms with Crippen molar-refractivity contribution in [2.24, 2.45) is 0 Å². The molecule has 0 spiro atoms. The van der Waals surface area contributed by atoms with Crippen molar-refractivity contribution >= 4 is 49.9 Å². The number of thiophene rings is 1. The molecular formula is C11H6BrClN2S. The maximum atomic E-state index is 5.90. The van der Waals surface area contributed by atoms with E-state index in [1.165, 1.54) is 11.3 Å². The van der Waals surface area contributed by atoms with Crippen LogP contribution in [0.5, 0.6) is 0 Å². The summed E-state index contributed by atoms with van der Waals surface area (Å²) in [6, 6.07) is 9.83. The smallest absolute Gasteiger partial charge is 0.148 e. The van der Waals surface area contributed by atoms with Crippen molar-refractivity contribution in [3.8, 4) is 10.7 Å². The molecular weight excluding hydrogens is 308 g/mol. The molecule has 3 rings (SSSR count). The Labute approximate surface area is 109 Å². The fraction of sp³-hybridized carbons (Fsp3) is 0. The molecule has 2 aromatic heterocycles. The second-order valence-electron chi connectivity index (χ2n) is 3.35. The van der Waals surface area contributed by atoms with Gasteiger partial charge in [-0.3, -0.25) is 0 Å². The Kier molecular flexibility index (Phi) is 2.50. The molecule has 0 saturated heterocycles. The molecule has 2 nitrogen and oxygen atoms in total. The summed E-state index contributed by atoms with van der Waals surface area (Å²) in [7, 11) is 0. The molecule has 0 radical (unpaired) electrons. The van der Waals surface area contributed by atoms with Gasteiger partial charge in [-0.25, -0.2) is 4.98 Å². The van der Waals surface area contributed by atoms with Gasteiger partial charge >= 0.3 is 0 Å². The van der Waals surface area contributed by atoms with E-state index in [0.29, 0.717) is 0 Å². The predicted molar refractivity (Wildman–Crippen MR) is 72.1 cm³/mol.